The molecule has 0 aromatic heterocycles. The van der Waals surface area contributed by atoms with Crippen molar-refractivity contribution in [3.8, 4) is 0 Å². The molecule has 1 aliphatic rings. The van der Waals surface area contributed by atoms with E-state index < -0.39 is 11.9 Å². The quantitative estimate of drug-likeness (QED) is 0.552. The second-order valence-electron chi connectivity index (χ2n) is 7.55. The number of rotatable bonds is 5. The van der Waals surface area contributed by atoms with Gasteiger partial charge in [0.05, 0.1) is 12.1 Å². The highest BCUT2D eigenvalue weighted by Gasteiger charge is 2.44. The fourth-order valence-corrected chi connectivity index (χ4v) is 3.89. The molecule has 1 aliphatic heterocycles. The van der Waals surface area contributed by atoms with Gasteiger partial charge >= 0.3 is 0 Å². The summed E-state index contributed by atoms with van der Waals surface area (Å²) in [6, 6.07) is 22.3. The van der Waals surface area contributed by atoms with Crippen LogP contribution in [0.4, 0.5) is 5.69 Å². The lowest BCUT2D eigenvalue weighted by Crippen LogP contribution is -2.45. The largest absolute Gasteiger partial charge is 0.322 e. The fraction of sp³-hybridized carbons (Fsp3) is 0.160. The van der Waals surface area contributed by atoms with Gasteiger partial charge in [-0.2, -0.15) is 0 Å². The molecule has 1 unspecified atom stereocenters. The van der Waals surface area contributed by atoms with E-state index in [0.717, 1.165) is 16.0 Å². The topological polar surface area (TPSA) is 57.7 Å². The lowest BCUT2D eigenvalue weighted by molar-refractivity contribution is -0.122. The molecule has 6 heteroatoms. The van der Waals surface area contributed by atoms with Gasteiger partial charge < -0.3 is 4.90 Å². The van der Waals surface area contributed by atoms with Crippen molar-refractivity contribution < 1.29 is 14.4 Å². The zero-order chi connectivity index (χ0) is 22.0. The lowest BCUT2D eigenvalue weighted by Gasteiger charge is -2.28. The maximum Gasteiger partial charge on any atom is 0.257 e. The Bertz CT molecular complexity index is 1130. The third-order valence-corrected chi connectivity index (χ3v) is 5.56. The number of imide groups is 1. The van der Waals surface area contributed by atoms with Crippen LogP contribution in [0, 0.1) is 6.92 Å². The van der Waals surface area contributed by atoms with Gasteiger partial charge in [0.2, 0.25) is 5.91 Å². The Kier molecular flexibility index (Phi) is 5.87. The van der Waals surface area contributed by atoms with E-state index in [9.17, 15) is 14.4 Å². The Morgan fingerprint density at radius 2 is 1.71 bits per heavy atom. The van der Waals surface area contributed by atoms with Crippen LogP contribution in [0.2, 0.25) is 5.02 Å². The van der Waals surface area contributed by atoms with Crippen LogP contribution in [0.1, 0.15) is 27.9 Å². The summed E-state index contributed by atoms with van der Waals surface area (Å²) in [6.45, 7) is 2.14. The first-order valence-electron chi connectivity index (χ1n) is 9.98. The van der Waals surface area contributed by atoms with E-state index in [1.54, 1.807) is 36.4 Å². The minimum Gasteiger partial charge on any atom is -0.322 e. The summed E-state index contributed by atoms with van der Waals surface area (Å²) >= 11 is 5.94. The average molecular weight is 433 g/mol. The molecule has 1 fully saturated rings. The van der Waals surface area contributed by atoms with Crippen LogP contribution in [-0.2, 0) is 16.1 Å². The fourth-order valence-electron chi connectivity index (χ4n) is 3.77. The molecule has 0 radical (unpaired) electrons. The third kappa shape index (κ3) is 4.37. The number of carbonyl (C=O) groups is 3. The highest BCUT2D eigenvalue weighted by molar-refractivity contribution is 6.31. The molecule has 1 atom stereocenters. The predicted molar refractivity (Wildman–Crippen MR) is 120 cm³/mol. The number of anilines is 1. The molecule has 1 saturated heterocycles. The predicted octanol–water partition coefficient (Wildman–Crippen LogP) is 4.62. The van der Waals surface area contributed by atoms with E-state index in [1.807, 2.05) is 49.4 Å². The summed E-state index contributed by atoms with van der Waals surface area (Å²) in [5, 5.41) is 0.514. The van der Waals surface area contributed by atoms with Crippen LogP contribution in [0.25, 0.3) is 0 Å². The number of carbonyl (C=O) groups excluding carboxylic acids is 3. The summed E-state index contributed by atoms with van der Waals surface area (Å²) in [4.78, 5) is 42.2. The van der Waals surface area contributed by atoms with Gasteiger partial charge in [-0.15, -0.1) is 0 Å². The molecule has 0 saturated carbocycles. The zero-order valence-corrected chi connectivity index (χ0v) is 17.8. The van der Waals surface area contributed by atoms with Crippen molar-refractivity contribution in [1.29, 1.82) is 0 Å². The Balaban J connectivity index is 1.69. The Hall–Kier alpha value is -3.44. The van der Waals surface area contributed by atoms with Crippen LogP contribution in [0.15, 0.2) is 78.9 Å². The highest BCUT2D eigenvalue weighted by atomic mass is 35.5. The first kappa shape index (κ1) is 20.8. The van der Waals surface area contributed by atoms with E-state index in [2.05, 4.69) is 0 Å². The van der Waals surface area contributed by atoms with Crippen LogP contribution in [0.5, 0.6) is 0 Å². The molecule has 156 valence electrons. The lowest BCUT2D eigenvalue weighted by atomic mass is 10.1. The molecular weight excluding hydrogens is 412 g/mol. The molecule has 4 rings (SSSR count). The number of aryl methyl sites for hydroxylation is 1. The number of nitrogens with zero attached hydrogens (tertiary/aromatic N) is 2. The standard InChI is InChI=1S/C25H21ClN2O3/c1-17-6-5-9-19(14-17)24(30)27(16-18-7-3-2-4-8-18)22-15-23(29)28(25(22)31)21-12-10-20(26)11-13-21/h2-14,22H,15-16H2,1H3. The molecule has 31 heavy (non-hydrogen) atoms. The van der Waals surface area contributed by atoms with Gasteiger partial charge in [0.25, 0.3) is 11.8 Å². The van der Waals surface area contributed by atoms with E-state index >= 15 is 0 Å². The molecule has 5 nitrogen and oxygen atoms in total. The number of amides is 3. The van der Waals surface area contributed by atoms with Gasteiger partial charge in [-0.3, -0.25) is 14.4 Å². The number of benzene rings is 3. The zero-order valence-electron chi connectivity index (χ0n) is 17.0. The summed E-state index contributed by atoms with van der Waals surface area (Å²) in [7, 11) is 0. The Morgan fingerprint density at radius 1 is 1.00 bits per heavy atom. The van der Waals surface area contributed by atoms with Crippen molar-refractivity contribution in [2.45, 2.75) is 25.9 Å². The van der Waals surface area contributed by atoms with Crippen LogP contribution >= 0.6 is 11.6 Å². The monoisotopic (exact) mass is 432 g/mol. The maximum atomic E-state index is 13.5. The second kappa shape index (κ2) is 8.74. The maximum absolute atomic E-state index is 13.5. The molecular formula is C25H21ClN2O3. The smallest absolute Gasteiger partial charge is 0.257 e. The number of hydrogen-bond acceptors (Lipinski definition) is 3. The van der Waals surface area contributed by atoms with E-state index in [4.69, 9.17) is 11.6 Å². The molecule has 0 bridgehead atoms. The van der Waals surface area contributed by atoms with Crippen molar-refractivity contribution in [1.82, 2.24) is 4.90 Å². The van der Waals surface area contributed by atoms with Crippen LogP contribution in [-0.4, -0.2) is 28.7 Å². The van der Waals surface area contributed by atoms with Crippen molar-refractivity contribution in [2.24, 2.45) is 0 Å². The van der Waals surface area contributed by atoms with Gasteiger partial charge in [-0.1, -0.05) is 59.6 Å². The average Bonchev–Trinajstić information content (AvgIpc) is 3.06. The highest BCUT2D eigenvalue weighted by Crippen LogP contribution is 2.28. The van der Waals surface area contributed by atoms with E-state index in [0.29, 0.717) is 16.3 Å². The van der Waals surface area contributed by atoms with Gasteiger partial charge in [0.15, 0.2) is 0 Å². The number of halogens is 1. The minimum atomic E-state index is -0.878. The van der Waals surface area contributed by atoms with Crippen molar-refractivity contribution in [3.05, 3.63) is 101 Å². The van der Waals surface area contributed by atoms with Crippen molar-refractivity contribution >= 4 is 35.0 Å². The van der Waals surface area contributed by atoms with Crippen LogP contribution in [0.3, 0.4) is 0 Å². The molecule has 1 heterocycles. The summed E-state index contributed by atoms with van der Waals surface area (Å²) in [5.74, 6) is -1.03. The van der Waals surface area contributed by atoms with E-state index in [1.165, 1.54) is 4.90 Å². The van der Waals surface area contributed by atoms with Crippen molar-refractivity contribution in [2.75, 3.05) is 4.90 Å². The second-order valence-corrected chi connectivity index (χ2v) is 7.99. The molecule has 0 N–H and O–H groups in total. The SMILES string of the molecule is Cc1cccc(C(=O)N(Cc2ccccc2)C2CC(=O)N(c3ccc(Cl)cc3)C2=O)c1. The normalized spacial score (nSPS) is 15.9. The van der Waals surface area contributed by atoms with E-state index in [-0.39, 0.29) is 24.8 Å². The molecule has 0 aliphatic carbocycles. The Morgan fingerprint density at radius 3 is 2.39 bits per heavy atom. The van der Waals surface area contributed by atoms with Crippen molar-refractivity contribution in [3.63, 3.8) is 0 Å². The summed E-state index contributed by atoms with van der Waals surface area (Å²) in [6.07, 6.45) is -0.0636. The van der Waals surface area contributed by atoms with Gasteiger partial charge in [0.1, 0.15) is 6.04 Å². The minimum absolute atomic E-state index is 0.0636. The summed E-state index contributed by atoms with van der Waals surface area (Å²) in [5.41, 5.74) is 2.77. The molecule has 3 aromatic carbocycles. The van der Waals surface area contributed by atoms with Gasteiger partial charge in [-0.25, -0.2) is 4.90 Å². The number of hydrogen-bond donors (Lipinski definition) is 0. The first-order valence-corrected chi connectivity index (χ1v) is 10.4. The summed E-state index contributed by atoms with van der Waals surface area (Å²) < 4.78 is 0. The van der Waals surface area contributed by atoms with Crippen LogP contribution < -0.4 is 4.90 Å². The van der Waals surface area contributed by atoms with Gasteiger partial charge in [0, 0.05) is 17.1 Å². The first-order chi connectivity index (χ1) is 14.9. The van der Waals surface area contributed by atoms with Gasteiger partial charge in [-0.05, 0) is 48.9 Å². The third-order valence-electron chi connectivity index (χ3n) is 5.31. The molecule has 3 aromatic rings. The Labute approximate surface area is 185 Å². The molecule has 3 amide bonds. The molecule has 0 spiro atoms.